The van der Waals surface area contributed by atoms with E-state index in [4.69, 9.17) is 4.74 Å². The molecular formula is C17H24FNO2. The zero-order valence-electron chi connectivity index (χ0n) is 12.8. The SMILES string of the molecule is CC(C)CC(=O)N1CCCC(OCc2cccc(F)c2)C1. The number of rotatable bonds is 5. The van der Waals surface area contributed by atoms with Crippen molar-refractivity contribution in [1.82, 2.24) is 4.90 Å². The molecule has 0 bridgehead atoms. The summed E-state index contributed by atoms with van der Waals surface area (Å²) in [7, 11) is 0. The molecule has 1 saturated heterocycles. The van der Waals surface area contributed by atoms with Gasteiger partial charge < -0.3 is 9.64 Å². The van der Waals surface area contributed by atoms with E-state index in [2.05, 4.69) is 13.8 Å². The lowest BCUT2D eigenvalue weighted by atomic mass is 10.1. The molecule has 1 aromatic rings. The van der Waals surface area contributed by atoms with E-state index < -0.39 is 0 Å². The molecular weight excluding hydrogens is 269 g/mol. The molecule has 1 heterocycles. The van der Waals surface area contributed by atoms with Crippen LogP contribution in [0.4, 0.5) is 4.39 Å². The topological polar surface area (TPSA) is 29.5 Å². The van der Waals surface area contributed by atoms with Crippen LogP contribution in [0, 0.1) is 11.7 Å². The van der Waals surface area contributed by atoms with Crippen molar-refractivity contribution in [3.05, 3.63) is 35.6 Å². The van der Waals surface area contributed by atoms with E-state index in [1.54, 1.807) is 6.07 Å². The van der Waals surface area contributed by atoms with Gasteiger partial charge in [-0.1, -0.05) is 26.0 Å². The molecule has 116 valence electrons. The van der Waals surface area contributed by atoms with E-state index in [0.717, 1.165) is 24.9 Å². The predicted octanol–water partition coefficient (Wildman–Crippen LogP) is 3.38. The highest BCUT2D eigenvalue weighted by Crippen LogP contribution is 2.17. The van der Waals surface area contributed by atoms with E-state index in [9.17, 15) is 9.18 Å². The molecule has 1 amide bonds. The molecule has 0 saturated carbocycles. The number of likely N-dealkylation sites (tertiary alicyclic amines) is 1. The third-order valence-electron chi connectivity index (χ3n) is 3.69. The number of amides is 1. The monoisotopic (exact) mass is 293 g/mol. The van der Waals surface area contributed by atoms with Crippen LogP contribution in [0.15, 0.2) is 24.3 Å². The molecule has 3 nitrogen and oxygen atoms in total. The molecule has 1 fully saturated rings. The third-order valence-corrected chi connectivity index (χ3v) is 3.69. The van der Waals surface area contributed by atoms with Crippen molar-refractivity contribution in [2.24, 2.45) is 5.92 Å². The van der Waals surface area contributed by atoms with Crippen LogP contribution in [0.2, 0.25) is 0 Å². The number of hydrogen-bond donors (Lipinski definition) is 0. The van der Waals surface area contributed by atoms with E-state index >= 15 is 0 Å². The van der Waals surface area contributed by atoms with Gasteiger partial charge >= 0.3 is 0 Å². The summed E-state index contributed by atoms with van der Waals surface area (Å²) in [5.74, 6) is 0.351. The molecule has 1 aliphatic heterocycles. The molecule has 1 atom stereocenters. The maximum absolute atomic E-state index is 13.1. The van der Waals surface area contributed by atoms with Gasteiger partial charge in [0.2, 0.25) is 5.91 Å². The number of hydrogen-bond acceptors (Lipinski definition) is 2. The van der Waals surface area contributed by atoms with Crippen molar-refractivity contribution in [2.45, 2.75) is 45.8 Å². The van der Waals surface area contributed by atoms with Gasteiger partial charge in [-0.05, 0) is 36.5 Å². The van der Waals surface area contributed by atoms with Crippen LogP contribution in [0.1, 0.15) is 38.7 Å². The zero-order valence-corrected chi connectivity index (χ0v) is 12.8. The molecule has 4 heteroatoms. The normalized spacial score (nSPS) is 19.0. The number of carbonyl (C=O) groups is 1. The highest BCUT2D eigenvalue weighted by Gasteiger charge is 2.24. The predicted molar refractivity (Wildman–Crippen MR) is 80.2 cm³/mol. The lowest BCUT2D eigenvalue weighted by Gasteiger charge is -2.33. The van der Waals surface area contributed by atoms with Crippen LogP contribution >= 0.6 is 0 Å². The summed E-state index contributed by atoms with van der Waals surface area (Å²) in [5, 5.41) is 0. The molecule has 1 aromatic carbocycles. The summed E-state index contributed by atoms with van der Waals surface area (Å²) in [4.78, 5) is 14.0. The Hall–Kier alpha value is -1.42. The van der Waals surface area contributed by atoms with Gasteiger partial charge in [-0.2, -0.15) is 0 Å². The minimum atomic E-state index is -0.242. The molecule has 1 aliphatic rings. The third kappa shape index (κ3) is 5.12. The first kappa shape index (κ1) is 16.0. The average Bonchev–Trinajstić information content (AvgIpc) is 2.45. The summed E-state index contributed by atoms with van der Waals surface area (Å²) in [6.45, 7) is 5.99. The molecule has 0 N–H and O–H groups in total. The Morgan fingerprint density at radius 2 is 2.29 bits per heavy atom. The van der Waals surface area contributed by atoms with Crippen LogP contribution < -0.4 is 0 Å². The first-order valence-corrected chi connectivity index (χ1v) is 7.68. The number of halogens is 1. The lowest BCUT2D eigenvalue weighted by molar-refractivity contribution is -0.136. The van der Waals surface area contributed by atoms with Gasteiger partial charge in [0.15, 0.2) is 0 Å². The van der Waals surface area contributed by atoms with E-state index in [1.165, 1.54) is 12.1 Å². The number of benzene rings is 1. The van der Waals surface area contributed by atoms with Crippen LogP contribution in [0.5, 0.6) is 0 Å². The fourth-order valence-corrected chi connectivity index (χ4v) is 2.62. The van der Waals surface area contributed by atoms with Gasteiger partial charge in [0.05, 0.1) is 12.7 Å². The summed E-state index contributed by atoms with van der Waals surface area (Å²) in [6, 6.07) is 6.46. The Labute approximate surface area is 126 Å². The highest BCUT2D eigenvalue weighted by molar-refractivity contribution is 5.76. The summed E-state index contributed by atoms with van der Waals surface area (Å²) in [5.41, 5.74) is 0.834. The van der Waals surface area contributed by atoms with Gasteiger partial charge in [0.25, 0.3) is 0 Å². The van der Waals surface area contributed by atoms with Crippen molar-refractivity contribution < 1.29 is 13.9 Å². The molecule has 0 radical (unpaired) electrons. The molecule has 0 aliphatic carbocycles. The number of piperidine rings is 1. The van der Waals surface area contributed by atoms with Crippen molar-refractivity contribution in [3.63, 3.8) is 0 Å². The molecule has 21 heavy (non-hydrogen) atoms. The average molecular weight is 293 g/mol. The first-order chi connectivity index (χ1) is 10.0. The smallest absolute Gasteiger partial charge is 0.222 e. The van der Waals surface area contributed by atoms with Crippen LogP contribution in [-0.2, 0) is 16.1 Å². The number of ether oxygens (including phenoxy) is 1. The van der Waals surface area contributed by atoms with Crippen molar-refractivity contribution >= 4 is 5.91 Å². The van der Waals surface area contributed by atoms with Gasteiger partial charge in [0.1, 0.15) is 5.82 Å². The first-order valence-electron chi connectivity index (χ1n) is 7.68. The fourth-order valence-electron chi connectivity index (χ4n) is 2.62. The minimum absolute atomic E-state index is 0.0538. The molecule has 1 unspecified atom stereocenters. The number of nitrogens with zero attached hydrogens (tertiary/aromatic N) is 1. The van der Waals surface area contributed by atoms with Gasteiger partial charge in [-0.15, -0.1) is 0 Å². The number of carbonyl (C=O) groups excluding carboxylic acids is 1. The summed E-state index contributed by atoms with van der Waals surface area (Å²) >= 11 is 0. The second-order valence-corrected chi connectivity index (χ2v) is 6.14. The highest BCUT2D eigenvalue weighted by atomic mass is 19.1. The lowest BCUT2D eigenvalue weighted by Crippen LogP contribution is -2.43. The van der Waals surface area contributed by atoms with Gasteiger partial charge in [-0.3, -0.25) is 4.79 Å². The molecule has 0 spiro atoms. The van der Waals surface area contributed by atoms with E-state index in [1.807, 2.05) is 11.0 Å². The standard InChI is InChI=1S/C17H24FNO2/c1-13(2)9-17(20)19-8-4-7-16(11-19)21-12-14-5-3-6-15(18)10-14/h3,5-6,10,13,16H,4,7-9,11-12H2,1-2H3. The molecule has 0 aromatic heterocycles. The quantitative estimate of drug-likeness (QED) is 0.833. The maximum atomic E-state index is 13.1. The molecule has 2 rings (SSSR count). The van der Waals surface area contributed by atoms with Crippen molar-refractivity contribution in [3.8, 4) is 0 Å². The van der Waals surface area contributed by atoms with Crippen LogP contribution in [-0.4, -0.2) is 30.0 Å². The van der Waals surface area contributed by atoms with Gasteiger partial charge in [-0.25, -0.2) is 4.39 Å². The Morgan fingerprint density at radius 1 is 1.48 bits per heavy atom. The Morgan fingerprint density at radius 3 is 3.00 bits per heavy atom. The Balaban J connectivity index is 1.82. The van der Waals surface area contributed by atoms with Crippen LogP contribution in [0.3, 0.4) is 0 Å². The van der Waals surface area contributed by atoms with E-state index in [0.29, 0.717) is 25.5 Å². The second-order valence-electron chi connectivity index (χ2n) is 6.14. The summed E-state index contributed by atoms with van der Waals surface area (Å²) < 4.78 is 19.0. The van der Waals surface area contributed by atoms with Crippen molar-refractivity contribution in [1.29, 1.82) is 0 Å². The fraction of sp³-hybridized carbons (Fsp3) is 0.588. The largest absolute Gasteiger partial charge is 0.372 e. The second kappa shape index (κ2) is 7.55. The zero-order chi connectivity index (χ0) is 15.2. The Kier molecular flexibility index (Phi) is 5.74. The van der Waals surface area contributed by atoms with Crippen molar-refractivity contribution in [2.75, 3.05) is 13.1 Å². The summed E-state index contributed by atoms with van der Waals surface area (Å²) in [6.07, 6.45) is 2.58. The maximum Gasteiger partial charge on any atom is 0.222 e. The Bertz CT molecular complexity index is 476. The van der Waals surface area contributed by atoms with Gasteiger partial charge in [0, 0.05) is 19.5 Å². The minimum Gasteiger partial charge on any atom is -0.372 e. The van der Waals surface area contributed by atoms with E-state index in [-0.39, 0.29) is 17.8 Å². The van der Waals surface area contributed by atoms with Crippen LogP contribution in [0.25, 0.3) is 0 Å².